The largest absolute Gasteiger partial charge is 0.394 e. The van der Waals surface area contributed by atoms with Crippen LogP contribution in [0.3, 0.4) is 0 Å². The van der Waals surface area contributed by atoms with Crippen molar-refractivity contribution in [2.24, 2.45) is 0 Å². The Labute approximate surface area is 823 Å². The normalized spacial score (nSPS) is 44.5. The predicted molar refractivity (Wildman–Crippen MR) is 458 cm³/mol. The van der Waals surface area contributed by atoms with Gasteiger partial charge in [-0.2, -0.15) is 0 Å². The van der Waals surface area contributed by atoms with Crippen LogP contribution >= 0.6 is 0 Å². The number of aliphatic hydroxyl groups excluding tert-OH is 28. The second-order valence-corrected chi connectivity index (χ2v) is 36.5. The Morgan fingerprint density at radius 1 is 0.317 bits per heavy atom. The second-order valence-electron chi connectivity index (χ2n) is 36.5. The van der Waals surface area contributed by atoms with Crippen LogP contribution in [0.2, 0.25) is 0 Å². The van der Waals surface area contributed by atoms with E-state index in [4.69, 9.17) is 94.7 Å². The van der Waals surface area contributed by atoms with Crippen molar-refractivity contribution in [2.75, 3.05) is 77.9 Å². The number of nitrogens with one attached hydrogen (secondary N) is 7. The number of rotatable bonds is 42. The van der Waals surface area contributed by atoms with Gasteiger partial charge in [-0.15, -0.1) is 0 Å². The fraction of sp³-hybridized carbons (Fsp3) is 0.867. The van der Waals surface area contributed by atoms with Crippen molar-refractivity contribution in [3.63, 3.8) is 0 Å². The van der Waals surface area contributed by atoms with Crippen LogP contribution in [0.5, 0.6) is 0 Å². The third-order valence-electron chi connectivity index (χ3n) is 25.9. The first-order valence-electron chi connectivity index (χ1n) is 46.5. The maximum Gasteiger partial charge on any atom is 0.217 e. The molecule has 0 radical (unpaired) electrons. The van der Waals surface area contributed by atoms with Gasteiger partial charge in [0.15, 0.2) is 62.9 Å². The number of pyridine rings is 1. The summed E-state index contributed by atoms with van der Waals surface area (Å²) in [6.07, 6.45) is -103. The number of aliphatic hydroxyl groups is 28. The van der Waals surface area contributed by atoms with Gasteiger partial charge >= 0.3 is 0 Å². The molecule has 0 unspecified atom stereocenters. The van der Waals surface area contributed by atoms with Crippen molar-refractivity contribution in [3.05, 3.63) is 24.4 Å². The third kappa shape index (κ3) is 28.3. The lowest BCUT2D eigenvalue weighted by atomic mass is 9.94. The molecule has 62 nitrogen and oxygen atoms in total. The van der Waals surface area contributed by atoms with Gasteiger partial charge in [0.25, 0.3) is 0 Å². The van der Waals surface area contributed by atoms with E-state index < -0.39 is 439 Å². The van der Waals surface area contributed by atoms with E-state index in [1.165, 1.54) is 19.2 Å². The number of carbonyl (C=O) groups is 6. The number of hydrogen-bond donors (Lipinski definition) is 35. The monoisotopic (exact) mass is 2110 g/mol. The number of anilines is 1. The molecular formula is C83H136N8O54. The topological polar surface area (TPSA) is 951 Å². The maximum absolute atomic E-state index is 13.6. The van der Waals surface area contributed by atoms with Gasteiger partial charge in [0.05, 0.1) is 78.2 Å². The van der Waals surface area contributed by atoms with E-state index >= 15 is 0 Å². The molecule has 10 saturated heterocycles. The van der Waals surface area contributed by atoms with Crippen molar-refractivity contribution in [1.82, 2.24) is 36.9 Å². The van der Waals surface area contributed by atoms with Crippen molar-refractivity contribution in [1.29, 1.82) is 0 Å². The lowest BCUT2D eigenvalue weighted by molar-refractivity contribution is -0.403. The molecule has 1 aromatic heterocycles. The molecule has 11 rings (SSSR count). The van der Waals surface area contributed by atoms with Crippen LogP contribution in [-0.2, 0) is 124 Å². The fourth-order valence-corrected chi connectivity index (χ4v) is 18.3. The summed E-state index contributed by atoms with van der Waals surface area (Å²) >= 11 is 0. The van der Waals surface area contributed by atoms with Crippen LogP contribution < -0.4 is 37.2 Å². The minimum Gasteiger partial charge on any atom is -0.394 e. The second kappa shape index (κ2) is 53.4. The minimum atomic E-state index is -2.78. The van der Waals surface area contributed by atoms with Gasteiger partial charge < -0.3 is 275 Å². The Bertz CT molecular complexity index is 4190. The lowest BCUT2D eigenvalue weighted by Crippen LogP contribution is -2.71. The summed E-state index contributed by atoms with van der Waals surface area (Å²) in [7, 11) is 0. The zero-order chi connectivity index (χ0) is 107. The van der Waals surface area contributed by atoms with Gasteiger partial charge in [-0.05, 0) is 19.1 Å². The van der Waals surface area contributed by atoms with Crippen LogP contribution in [0.15, 0.2) is 24.4 Å². The van der Waals surface area contributed by atoms with Gasteiger partial charge in [0.1, 0.15) is 262 Å². The molecule has 0 aliphatic carbocycles. The van der Waals surface area contributed by atoms with Crippen molar-refractivity contribution in [3.8, 4) is 0 Å². The zero-order valence-corrected chi connectivity index (χ0v) is 78.8. The predicted octanol–water partition coefficient (Wildman–Crippen LogP) is -21.9. The van der Waals surface area contributed by atoms with E-state index in [1.54, 1.807) is 12.1 Å². The smallest absolute Gasteiger partial charge is 0.217 e. The third-order valence-corrected chi connectivity index (χ3v) is 25.9. The van der Waals surface area contributed by atoms with E-state index in [-0.39, 0.29) is 5.82 Å². The molecule has 0 saturated carbocycles. The van der Waals surface area contributed by atoms with E-state index in [2.05, 4.69) is 42.2 Å². The summed E-state index contributed by atoms with van der Waals surface area (Å²) in [4.78, 5) is 82.5. The average Bonchev–Trinajstić information content (AvgIpc) is 0.759. The van der Waals surface area contributed by atoms with E-state index in [0.717, 1.165) is 41.5 Å². The first-order chi connectivity index (χ1) is 68.6. The maximum atomic E-state index is 13.6. The highest BCUT2D eigenvalue weighted by Gasteiger charge is 2.62. The number of aromatic nitrogens is 1. The minimum absolute atomic E-state index is 0.163. The molecule has 6 amide bonds. The Balaban J connectivity index is 1.01. The van der Waals surface area contributed by atoms with E-state index in [9.17, 15) is 172 Å². The average molecular weight is 2110 g/mol. The quantitative estimate of drug-likeness (QED) is 0.0289. The number of amides is 6. The van der Waals surface area contributed by atoms with Crippen LogP contribution in [-0.4, -0.2) is 587 Å². The summed E-state index contributed by atoms with van der Waals surface area (Å²) in [5.41, 5.74) is 0. The number of hydrogen-bond acceptors (Lipinski definition) is 56. The summed E-state index contributed by atoms with van der Waals surface area (Å²) in [6.45, 7) is -5.22. The molecule has 145 heavy (non-hydrogen) atoms. The van der Waals surface area contributed by atoms with Gasteiger partial charge in [0, 0.05) is 54.3 Å². The van der Waals surface area contributed by atoms with Crippen LogP contribution in [0.1, 0.15) is 48.5 Å². The molecule has 1 aromatic rings. The summed E-state index contributed by atoms with van der Waals surface area (Å²) in [5, 5.41) is 338. The molecular weight excluding hydrogens is 1970 g/mol. The lowest BCUT2D eigenvalue weighted by Gasteiger charge is -2.51. The Hall–Kier alpha value is -6.15. The highest BCUT2D eigenvalue weighted by atomic mass is 16.8. The molecule has 0 bridgehead atoms. The first kappa shape index (κ1) is 119. The number of carbonyl (C=O) groups excluding carboxylic acids is 6. The van der Waals surface area contributed by atoms with Crippen LogP contribution in [0, 0.1) is 0 Å². The summed E-state index contributed by atoms with van der Waals surface area (Å²) in [6, 6.07) is -6.75. The molecule has 10 aliphatic heterocycles. The van der Waals surface area contributed by atoms with Gasteiger partial charge in [-0.1, -0.05) is 6.07 Å². The first-order valence-corrected chi connectivity index (χ1v) is 46.5. The molecule has 0 aromatic carbocycles. The van der Waals surface area contributed by atoms with Gasteiger partial charge in [-0.3, -0.25) is 28.8 Å². The summed E-state index contributed by atoms with van der Waals surface area (Å²) in [5.74, 6) is -5.48. The molecule has 0 spiro atoms. The summed E-state index contributed by atoms with van der Waals surface area (Å²) < 4.78 is 122. The van der Waals surface area contributed by atoms with E-state index in [0.29, 0.717) is 0 Å². The highest BCUT2D eigenvalue weighted by Crippen LogP contribution is 2.42. The molecule has 62 heteroatoms. The Morgan fingerprint density at radius 3 is 1.12 bits per heavy atom. The number of nitrogens with zero attached hydrogens (tertiary/aromatic N) is 1. The standard InChI is InChI=1S/C83H136N8O54/c1-23-47(106)60(119)63(122)79(129-23)126-20-31(105)67(48(107)30(86-24(2)99)12-85-41-10-8-9-11-84-41)139-77-45(90-28(6)103)58(117)69(37(18-97)134-77)142-81-66(125)71(143-83-73(145-76-44(89-27(5)102)57(116)51(110)34(15-94)132-76)65(124)70(38(19-98)136-83)140-75-43(88-26(4)101)56(115)50(109)33(14-93)131-75)54(113)40(137-81)22-128-82-72(62(121)53(112)39(138-82)21-127-74-42(87-25(3)100)55(114)49(108)32(13-92)130-74)144-78-46(91-29(7)104)59(118)68(36(17-96)135-78)141-80-64(123)61(120)52(111)35(16-95)133-80/h8-11,23,30-40,42-83,92-98,105-125H,12-22H2,1-7H3,(H,84,85)(H,86,99)(H,87,100)(H,88,101)(H,89,102)(H,90,103)(H,91,104)/t23-,30-,31+,32+,33+,34+,35+,36+,37+,38+,39+,40+,42+,43+,44+,45+,46+,47+,48+,49+,50+,51+,52-,53+,54+,55+,56+,57+,58+,59+,60+,61-,62-,63-,64+,65-,66-,67+,68+,69+,70+,71-,72-,73-,74+,75-,76-,77-,78-,79+,80-,81-,82-,83+/m0/s1. The van der Waals surface area contributed by atoms with Crippen molar-refractivity contribution in [2.45, 2.75) is 380 Å². The molecule has 10 fully saturated rings. The Kier molecular flexibility index (Phi) is 43.9. The van der Waals surface area contributed by atoms with Crippen LogP contribution in [0.25, 0.3) is 0 Å². The van der Waals surface area contributed by atoms with Gasteiger partial charge in [-0.25, -0.2) is 4.98 Å². The SMILES string of the molecule is CC(=O)N[C@H]1[C@H](O[C@@H]([C@H](O)[C@H](CNc2ccccn2)NC(C)=O)[C@H](O)CO[C@@H]2O[C@@H](C)[C@@H](O)[C@@H](O)[C@@H]2O)O[C@H](CO)[C@@H](O[C@@H]2O[C@H](CO[C@H]3O[C@H](CO[C@@H]4O[C@H](CO)[C@@H](O)[C@H](O)[C@H]4NC(C)=O)[C@@H](O)[C@H](O)[C@@H]3O[C@@H]3O[C@H](CO)[C@@H](O[C@@H]4O[C@H](CO)[C@H](O)[C@H](O)[C@H]4O)[C@H](O)[C@H]3NC(C)=O)[C@@H](O)[C@H](O[C@H]3O[C@H](CO)[C@@H](O[C@@H]4O[C@H](CO)[C@@H](O)[C@H](O)[C@H]4NC(C)=O)[C@H](O)[C@@H]3O[C@@H]3O[C@H](CO)[C@@H](O)[C@H](O)[C@H]3NC(C)=O)[C@@H]2O)[C@@H]1O. The van der Waals surface area contributed by atoms with Crippen molar-refractivity contribution < 1.29 is 266 Å². The highest BCUT2D eigenvalue weighted by molar-refractivity contribution is 5.75. The Morgan fingerprint density at radius 2 is 0.662 bits per heavy atom. The van der Waals surface area contributed by atoms with Crippen LogP contribution in [0.4, 0.5) is 5.82 Å². The van der Waals surface area contributed by atoms with Gasteiger partial charge in [0.2, 0.25) is 35.4 Å². The molecule has 54 atom stereocenters. The van der Waals surface area contributed by atoms with Crippen molar-refractivity contribution >= 4 is 41.3 Å². The molecule has 35 N–H and O–H groups in total. The zero-order valence-electron chi connectivity index (χ0n) is 78.8. The number of ether oxygens (including phenoxy) is 20. The molecule has 11 heterocycles. The molecule has 10 aliphatic rings. The van der Waals surface area contributed by atoms with E-state index in [1.807, 2.05) is 0 Å². The fourth-order valence-electron chi connectivity index (χ4n) is 18.3. The molecule has 832 valence electrons.